The Labute approximate surface area is 140 Å². The highest BCUT2D eigenvalue weighted by Gasteiger charge is 2.19. The monoisotopic (exact) mass is 319 g/mol. The Balaban J connectivity index is 1.75. The summed E-state index contributed by atoms with van der Waals surface area (Å²) < 4.78 is 0. The Morgan fingerprint density at radius 3 is 2.62 bits per heavy atom. The Kier molecular flexibility index (Phi) is 4.57. The third kappa shape index (κ3) is 3.44. The summed E-state index contributed by atoms with van der Waals surface area (Å²) in [4.78, 5) is 26.1. The second-order valence-electron chi connectivity index (χ2n) is 5.70. The standard InChI is InChI=1S/C19H17N3O2/c20-13-14-7-9-15(10-8-14)19(24)21-16-4-3-5-17(12-16)22-11-2-1-6-18(22)23/h3-5,7-10,12H,1-2,6,11H2,(H,21,24). The van der Waals surface area contributed by atoms with Crippen LogP contribution >= 0.6 is 0 Å². The fourth-order valence-electron chi connectivity index (χ4n) is 2.73. The predicted molar refractivity (Wildman–Crippen MR) is 91.8 cm³/mol. The number of piperidine rings is 1. The lowest BCUT2D eigenvalue weighted by Crippen LogP contribution is -2.35. The van der Waals surface area contributed by atoms with Gasteiger partial charge in [0, 0.05) is 29.9 Å². The molecule has 120 valence electrons. The molecule has 1 heterocycles. The fraction of sp³-hybridized carbons (Fsp3) is 0.211. The quantitative estimate of drug-likeness (QED) is 0.943. The zero-order chi connectivity index (χ0) is 16.9. The van der Waals surface area contributed by atoms with Crippen LogP contribution in [0, 0.1) is 11.3 Å². The number of benzene rings is 2. The van der Waals surface area contributed by atoms with Gasteiger partial charge in [0.15, 0.2) is 0 Å². The topological polar surface area (TPSA) is 73.2 Å². The summed E-state index contributed by atoms with van der Waals surface area (Å²) in [5.74, 6) is -0.126. The van der Waals surface area contributed by atoms with Crippen molar-refractivity contribution in [1.82, 2.24) is 0 Å². The number of carbonyl (C=O) groups is 2. The number of rotatable bonds is 3. The second kappa shape index (κ2) is 6.97. The second-order valence-corrected chi connectivity index (χ2v) is 5.70. The maximum Gasteiger partial charge on any atom is 0.255 e. The van der Waals surface area contributed by atoms with Gasteiger partial charge in [-0.15, -0.1) is 0 Å². The summed E-state index contributed by atoms with van der Waals surface area (Å²) in [6.45, 7) is 0.714. The van der Waals surface area contributed by atoms with E-state index in [4.69, 9.17) is 5.26 Å². The van der Waals surface area contributed by atoms with Crippen molar-refractivity contribution >= 4 is 23.2 Å². The van der Waals surface area contributed by atoms with Crippen LogP contribution in [0.25, 0.3) is 0 Å². The third-order valence-corrected chi connectivity index (χ3v) is 4.02. The number of amides is 2. The van der Waals surface area contributed by atoms with Gasteiger partial charge in [-0.05, 0) is 55.3 Å². The molecule has 0 spiro atoms. The number of nitrogens with one attached hydrogen (secondary N) is 1. The molecular weight excluding hydrogens is 302 g/mol. The maximum absolute atomic E-state index is 12.3. The van der Waals surface area contributed by atoms with Crippen molar-refractivity contribution in [3.05, 3.63) is 59.7 Å². The van der Waals surface area contributed by atoms with E-state index in [0.29, 0.717) is 29.8 Å². The molecule has 1 fully saturated rings. The summed E-state index contributed by atoms with van der Waals surface area (Å²) in [7, 11) is 0. The van der Waals surface area contributed by atoms with Gasteiger partial charge in [-0.2, -0.15) is 5.26 Å². The zero-order valence-corrected chi connectivity index (χ0v) is 13.2. The number of nitriles is 1. The number of anilines is 2. The normalized spacial score (nSPS) is 14.1. The third-order valence-electron chi connectivity index (χ3n) is 4.02. The van der Waals surface area contributed by atoms with Gasteiger partial charge in [0.05, 0.1) is 11.6 Å². The van der Waals surface area contributed by atoms with E-state index >= 15 is 0 Å². The Hall–Kier alpha value is -3.13. The lowest BCUT2D eigenvalue weighted by molar-refractivity contribution is -0.119. The van der Waals surface area contributed by atoms with E-state index in [1.54, 1.807) is 35.2 Å². The van der Waals surface area contributed by atoms with Gasteiger partial charge in [0.1, 0.15) is 0 Å². The number of carbonyl (C=O) groups excluding carboxylic acids is 2. The molecular formula is C19H17N3O2. The molecule has 0 atom stereocenters. The average molecular weight is 319 g/mol. The molecule has 0 unspecified atom stereocenters. The first-order chi connectivity index (χ1) is 11.7. The highest BCUT2D eigenvalue weighted by atomic mass is 16.2. The lowest BCUT2D eigenvalue weighted by atomic mass is 10.1. The smallest absolute Gasteiger partial charge is 0.255 e. The van der Waals surface area contributed by atoms with E-state index in [2.05, 4.69) is 5.32 Å². The van der Waals surface area contributed by atoms with Crippen molar-refractivity contribution in [3.63, 3.8) is 0 Å². The van der Waals surface area contributed by atoms with Crippen LogP contribution in [0.1, 0.15) is 35.2 Å². The first kappa shape index (κ1) is 15.8. The summed E-state index contributed by atoms with van der Waals surface area (Å²) in [6, 6.07) is 15.8. The maximum atomic E-state index is 12.3. The molecule has 24 heavy (non-hydrogen) atoms. The molecule has 5 nitrogen and oxygen atoms in total. The van der Waals surface area contributed by atoms with E-state index in [1.807, 2.05) is 24.3 Å². The van der Waals surface area contributed by atoms with Crippen molar-refractivity contribution in [3.8, 4) is 6.07 Å². The minimum absolute atomic E-state index is 0.122. The van der Waals surface area contributed by atoms with Crippen LogP contribution in [0.5, 0.6) is 0 Å². The van der Waals surface area contributed by atoms with E-state index < -0.39 is 0 Å². The number of nitrogens with zero attached hydrogens (tertiary/aromatic N) is 2. The molecule has 1 N–H and O–H groups in total. The minimum Gasteiger partial charge on any atom is -0.322 e. The highest BCUT2D eigenvalue weighted by molar-refractivity contribution is 6.04. The molecule has 0 aromatic heterocycles. The minimum atomic E-state index is -0.249. The molecule has 0 aliphatic carbocycles. The van der Waals surface area contributed by atoms with Crippen LogP contribution in [0.4, 0.5) is 11.4 Å². The van der Waals surface area contributed by atoms with Gasteiger partial charge >= 0.3 is 0 Å². The molecule has 2 amide bonds. The molecule has 0 radical (unpaired) electrons. The molecule has 1 aliphatic heterocycles. The number of hydrogen-bond acceptors (Lipinski definition) is 3. The summed E-state index contributed by atoms with van der Waals surface area (Å²) in [5.41, 5.74) is 2.43. The SMILES string of the molecule is N#Cc1ccc(C(=O)Nc2cccc(N3CCCCC3=O)c2)cc1. The largest absolute Gasteiger partial charge is 0.322 e. The van der Waals surface area contributed by atoms with Crippen molar-refractivity contribution < 1.29 is 9.59 Å². The van der Waals surface area contributed by atoms with Gasteiger partial charge in [-0.1, -0.05) is 6.07 Å². The molecule has 1 saturated heterocycles. The van der Waals surface area contributed by atoms with E-state index in [1.165, 1.54) is 0 Å². The van der Waals surface area contributed by atoms with Crippen molar-refractivity contribution in [2.24, 2.45) is 0 Å². The van der Waals surface area contributed by atoms with Crippen LogP contribution in [0.2, 0.25) is 0 Å². The van der Waals surface area contributed by atoms with Gasteiger partial charge in [-0.3, -0.25) is 9.59 Å². The molecule has 0 bridgehead atoms. The fourth-order valence-corrected chi connectivity index (χ4v) is 2.73. The van der Waals surface area contributed by atoms with Gasteiger partial charge in [-0.25, -0.2) is 0 Å². The van der Waals surface area contributed by atoms with E-state index in [9.17, 15) is 9.59 Å². The molecule has 0 saturated carbocycles. The molecule has 1 aliphatic rings. The number of hydrogen-bond donors (Lipinski definition) is 1. The van der Waals surface area contributed by atoms with Crippen LogP contribution in [0.15, 0.2) is 48.5 Å². The summed E-state index contributed by atoms with van der Waals surface area (Å²) >= 11 is 0. The van der Waals surface area contributed by atoms with E-state index in [-0.39, 0.29) is 11.8 Å². The molecule has 2 aromatic rings. The average Bonchev–Trinajstić information content (AvgIpc) is 2.62. The summed E-state index contributed by atoms with van der Waals surface area (Å²) in [5, 5.41) is 11.6. The van der Waals surface area contributed by atoms with Crippen molar-refractivity contribution in [2.75, 3.05) is 16.8 Å². The van der Waals surface area contributed by atoms with Gasteiger partial charge in [0.25, 0.3) is 5.91 Å². The van der Waals surface area contributed by atoms with Gasteiger partial charge < -0.3 is 10.2 Å². The van der Waals surface area contributed by atoms with Crippen LogP contribution in [-0.2, 0) is 4.79 Å². The van der Waals surface area contributed by atoms with Crippen molar-refractivity contribution in [2.45, 2.75) is 19.3 Å². The molecule has 5 heteroatoms. The zero-order valence-electron chi connectivity index (χ0n) is 13.2. The van der Waals surface area contributed by atoms with E-state index in [0.717, 1.165) is 18.5 Å². The Morgan fingerprint density at radius 2 is 1.92 bits per heavy atom. The van der Waals surface area contributed by atoms with Gasteiger partial charge in [0.2, 0.25) is 5.91 Å². The Morgan fingerprint density at radius 1 is 1.12 bits per heavy atom. The van der Waals surface area contributed by atoms with Crippen LogP contribution in [-0.4, -0.2) is 18.4 Å². The summed E-state index contributed by atoms with van der Waals surface area (Å²) in [6.07, 6.45) is 2.50. The van der Waals surface area contributed by atoms with Crippen LogP contribution < -0.4 is 10.2 Å². The van der Waals surface area contributed by atoms with Crippen LogP contribution in [0.3, 0.4) is 0 Å². The first-order valence-electron chi connectivity index (χ1n) is 7.89. The Bertz CT molecular complexity index is 806. The first-order valence-corrected chi connectivity index (χ1v) is 7.89. The highest BCUT2D eigenvalue weighted by Crippen LogP contribution is 2.24. The predicted octanol–water partition coefficient (Wildman–Crippen LogP) is 3.33. The van der Waals surface area contributed by atoms with Crippen molar-refractivity contribution in [1.29, 1.82) is 5.26 Å². The lowest BCUT2D eigenvalue weighted by Gasteiger charge is -2.27. The molecule has 2 aromatic carbocycles. The molecule has 3 rings (SSSR count).